The molecule has 0 aliphatic heterocycles. The van der Waals surface area contributed by atoms with Crippen LogP contribution in [0.4, 0.5) is 0 Å². The third-order valence-electron chi connectivity index (χ3n) is 3.42. The van der Waals surface area contributed by atoms with Gasteiger partial charge in [-0.25, -0.2) is 0 Å². The minimum Gasteiger partial charge on any atom is -0.381 e. The summed E-state index contributed by atoms with van der Waals surface area (Å²) in [5, 5.41) is 14.8. The third-order valence-corrected chi connectivity index (χ3v) is 3.42. The molecule has 0 aliphatic carbocycles. The van der Waals surface area contributed by atoms with E-state index in [9.17, 15) is 0 Å². The van der Waals surface area contributed by atoms with Crippen LogP contribution in [-0.2, 0) is 11.3 Å². The van der Waals surface area contributed by atoms with Crippen LogP contribution in [0.1, 0.15) is 32.0 Å². The molecule has 0 spiro atoms. The van der Waals surface area contributed by atoms with Gasteiger partial charge in [0.15, 0.2) is 17.4 Å². The van der Waals surface area contributed by atoms with Gasteiger partial charge in [0.2, 0.25) is 0 Å². The van der Waals surface area contributed by atoms with Crippen LogP contribution in [0.3, 0.4) is 0 Å². The molecular weight excluding hydrogens is 419 g/mol. The summed E-state index contributed by atoms with van der Waals surface area (Å²) < 4.78 is 7.49. The van der Waals surface area contributed by atoms with E-state index >= 15 is 0 Å². The highest BCUT2D eigenvalue weighted by molar-refractivity contribution is 14.0. The summed E-state index contributed by atoms with van der Waals surface area (Å²) in [7, 11) is 1.76. The van der Waals surface area contributed by atoms with E-state index in [1.165, 1.54) is 6.42 Å². The standard InChI is InChI=1S/C16H26N6O.HI/c1-3-4-11-23-12-7-9-18-16(17-2)19-13-15-21-20-14-8-5-6-10-22(14)15;/h5-6,8,10H,3-4,7,9,11-13H2,1-2H3,(H2,17,18,19);1H. The van der Waals surface area contributed by atoms with E-state index in [0.717, 1.165) is 50.0 Å². The molecule has 0 saturated carbocycles. The molecule has 0 aliphatic rings. The first kappa shape index (κ1) is 20.6. The lowest BCUT2D eigenvalue weighted by Crippen LogP contribution is -2.38. The molecule has 134 valence electrons. The van der Waals surface area contributed by atoms with Crippen LogP contribution in [0.15, 0.2) is 29.4 Å². The first-order chi connectivity index (χ1) is 11.3. The Labute approximate surface area is 160 Å². The van der Waals surface area contributed by atoms with Crippen molar-refractivity contribution in [1.82, 2.24) is 25.2 Å². The number of aliphatic imine (C=N–C) groups is 1. The second-order valence-electron chi connectivity index (χ2n) is 5.22. The van der Waals surface area contributed by atoms with Crippen molar-refractivity contribution in [2.24, 2.45) is 4.99 Å². The van der Waals surface area contributed by atoms with E-state index in [1.54, 1.807) is 7.05 Å². The molecule has 0 unspecified atom stereocenters. The van der Waals surface area contributed by atoms with Crippen molar-refractivity contribution in [3.8, 4) is 0 Å². The fourth-order valence-electron chi connectivity index (χ4n) is 2.12. The van der Waals surface area contributed by atoms with Gasteiger partial charge in [0.1, 0.15) is 0 Å². The smallest absolute Gasteiger partial charge is 0.191 e. The van der Waals surface area contributed by atoms with E-state index in [4.69, 9.17) is 4.74 Å². The first-order valence-corrected chi connectivity index (χ1v) is 8.16. The van der Waals surface area contributed by atoms with Crippen molar-refractivity contribution in [3.05, 3.63) is 30.2 Å². The fraction of sp³-hybridized carbons (Fsp3) is 0.562. The lowest BCUT2D eigenvalue weighted by molar-refractivity contribution is 0.129. The molecule has 2 aromatic heterocycles. The van der Waals surface area contributed by atoms with E-state index in [0.29, 0.717) is 6.54 Å². The van der Waals surface area contributed by atoms with Crippen molar-refractivity contribution in [2.75, 3.05) is 26.8 Å². The number of hydrogen-bond donors (Lipinski definition) is 2. The summed E-state index contributed by atoms with van der Waals surface area (Å²) in [4.78, 5) is 4.21. The Morgan fingerprint density at radius 2 is 2.04 bits per heavy atom. The molecule has 0 fully saturated rings. The molecule has 2 rings (SSSR count). The number of rotatable bonds is 9. The highest BCUT2D eigenvalue weighted by Gasteiger charge is 2.05. The number of halogens is 1. The summed E-state index contributed by atoms with van der Waals surface area (Å²) in [6, 6.07) is 5.85. The molecule has 0 atom stereocenters. The fourth-order valence-corrected chi connectivity index (χ4v) is 2.12. The lowest BCUT2D eigenvalue weighted by Gasteiger charge is -2.11. The van der Waals surface area contributed by atoms with Gasteiger partial charge < -0.3 is 15.4 Å². The maximum atomic E-state index is 5.53. The second kappa shape index (κ2) is 12.0. The highest BCUT2D eigenvalue weighted by atomic mass is 127. The molecule has 0 amide bonds. The van der Waals surface area contributed by atoms with Crippen LogP contribution in [0.2, 0.25) is 0 Å². The van der Waals surface area contributed by atoms with Crippen molar-refractivity contribution in [3.63, 3.8) is 0 Å². The molecule has 2 N–H and O–H groups in total. The summed E-state index contributed by atoms with van der Waals surface area (Å²) in [5.41, 5.74) is 0.844. The Hall–Kier alpha value is -1.42. The Kier molecular flexibility index (Phi) is 10.3. The van der Waals surface area contributed by atoms with Crippen molar-refractivity contribution < 1.29 is 4.74 Å². The number of ether oxygens (including phenoxy) is 1. The van der Waals surface area contributed by atoms with Crippen LogP contribution in [0.5, 0.6) is 0 Å². The molecule has 2 aromatic rings. The van der Waals surface area contributed by atoms with E-state index in [2.05, 4.69) is 32.7 Å². The number of fused-ring (bicyclic) bond motifs is 1. The zero-order valence-electron chi connectivity index (χ0n) is 14.4. The van der Waals surface area contributed by atoms with E-state index < -0.39 is 0 Å². The van der Waals surface area contributed by atoms with Crippen LogP contribution in [0, 0.1) is 0 Å². The minimum atomic E-state index is 0. The summed E-state index contributed by atoms with van der Waals surface area (Å²) >= 11 is 0. The highest BCUT2D eigenvalue weighted by Crippen LogP contribution is 2.02. The molecule has 0 aromatic carbocycles. The summed E-state index contributed by atoms with van der Waals surface area (Å²) in [5.74, 6) is 1.61. The van der Waals surface area contributed by atoms with Gasteiger partial charge in [-0.2, -0.15) is 0 Å². The van der Waals surface area contributed by atoms with Crippen LogP contribution in [0.25, 0.3) is 5.65 Å². The Morgan fingerprint density at radius 3 is 2.83 bits per heavy atom. The van der Waals surface area contributed by atoms with Gasteiger partial charge in [-0.05, 0) is 25.0 Å². The lowest BCUT2D eigenvalue weighted by atomic mass is 10.4. The molecule has 0 bridgehead atoms. The van der Waals surface area contributed by atoms with Crippen molar-refractivity contribution >= 4 is 35.6 Å². The Bertz CT molecular complexity index is 615. The Balaban J connectivity index is 0.00000288. The number of aromatic nitrogens is 3. The maximum Gasteiger partial charge on any atom is 0.191 e. The summed E-state index contributed by atoms with van der Waals surface area (Å²) in [6.45, 7) is 5.19. The van der Waals surface area contributed by atoms with Gasteiger partial charge in [-0.3, -0.25) is 9.39 Å². The zero-order chi connectivity index (χ0) is 16.3. The third kappa shape index (κ3) is 6.60. The molecule has 8 heteroatoms. The van der Waals surface area contributed by atoms with E-state index in [1.807, 2.05) is 28.8 Å². The van der Waals surface area contributed by atoms with Gasteiger partial charge in [0, 0.05) is 33.0 Å². The quantitative estimate of drug-likeness (QED) is 0.268. The molecule has 0 saturated heterocycles. The van der Waals surface area contributed by atoms with Gasteiger partial charge in [0.25, 0.3) is 0 Å². The largest absolute Gasteiger partial charge is 0.381 e. The molecule has 2 heterocycles. The SMILES string of the molecule is CCCCOCCCNC(=NC)NCc1nnc2ccccn12.I. The zero-order valence-corrected chi connectivity index (χ0v) is 16.7. The van der Waals surface area contributed by atoms with Crippen LogP contribution >= 0.6 is 24.0 Å². The minimum absolute atomic E-state index is 0. The molecular formula is C16H27IN6O. The molecule has 7 nitrogen and oxygen atoms in total. The average Bonchev–Trinajstić information content (AvgIpc) is 3.00. The normalized spacial score (nSPS) is 11.3. The first-order valence-electron chi connectivity index (χ1n) is 8.16. The number of nitrogens with zero attached hydrogens (tertiary/aromatic N) is 4. The van der Waals surface area contributed by atoms with Gasteiger partial charge in [-0.1, -0.05) is 19.4 Å². The maximum absolute atomic E-state index is 5.53. The predicted octanol–water partition coefficient (Wildman–Crippen LogP) is 2.22. The van der Waals surface area contributed by atoms with Gasteiger partial charge >= 0.3 is 0 Å². The van der Waals surface area contributed by atoms with Crippen LogP contribution in [-0.4, -0.2) is 47.4 Å². The predicted molar refractivity (Wildman–Crippen MR) is 107 cm³/mol. The number of hydrogen-bond acceptors (Lipinski definition) is 4. The number of pyridine rings is 1. The molecule has 0 radical (unpaired) electrons. The van der Waals surface area contributed by atoms with Crippen molar-refractivity contribution in [1.29, 1.82) is 0 Å². The number of nitrogens with one attached hydrogen (secondary N) is 2. The van der Waals surface area contributed by atoms with Gasteiger partial charge in [-0.15, -0.1) is 34.2 Å². The van der Waals surface area contributed by atoms with E-state index in [-0.39, 0.29) is 24.0 Å². The number of guanidine groups is 1. The topological polar surface area (TPSA) is 75.8 Å². The Morgan fingerprint density at radius 1 is 1.21 bits per heavy atom. The monoisotopic (exact) mass is 446 g/mol. The van der Waals surface area contributed by atoms with Crippen molar-refractivity contribution in [2.45, 2.75) is 32.7 Å². The summed E-state index contributed by atoms with van der Waals surface area (Å²) in [6.07, 6.45) is 5.21. The average molecular weight is 446 g/mol. The van der Waals surface area contributed by atoms with Crippen LogP contribution < -0.4 is 10.6 Å². The van der Waals surface area contributed by atoms with Gasteiger partial charge in [0.05, 0.1) is 6.54 Å². The molecule has 24 heavy (non-hydrogen) atoms. The number of unbranched alkanes of at least 4 members (excludes halogenated alkanes) is 1. The second-order valence-corrected chi connectivity index (χ2v) is 5.22.